The van der Waals surface area contributed by atoms with E-state index in [0.29, 0.717) is 6.54 Å². The highest BCUT2D eigenvalue weighted by atomic mass is 32.1. The molecular formula is C16H26N4O2S. The molecule has 2 amide bonds. The summed E-state index contributed by atoms with van der Waals surface area (Å²) < 4.78 is 0. The highest BCUT2D eigenvalue weighted by Gasteiger charge is 2.20. The van der Waals surface area contributed by atoms with E-state index in [9.17, 15) is 9.90 Å². The van der Waals surface area contributed by atoms with Crippen LogP contribution in [0.25, 0.3) is 0 Å². The Morgan fingerprint density at radius 1 is 1.30 bits per heavy atom. The Labute approximate surface area is 141 Å². The molecule has 1 aromatic rings. The number of hydrogen-bond acceptors (Lipinski definition) is 5. The number of carbonyl (C=O) groups is 1. The Bertz CT molecular complexity index is 508. The monoisotopic (exact) mass is 338 g/mol. The van der Waals surface area contributed by atoms with Crippen molar-refractivity contribution in [2.24, 2.45) is 0 Å². The highest BCUT2D eigenvalue weighted by molar-refractivity contribution is 7.13. The molecule has 1 aromatic heterocycles. The van der Waals surface area contributed by atoms with Gasteiger partial charge in [-0.1, -0.05) is 0 Å². The minimum atomic E-state index is -0.189. The summed E-state index contributed by atoms with van der Waals surface area (Å²) in [5, 5.41) is 18.6. The molecule has 2 heterocycles. The average molecular weight is 338 g/mol. The Balaban J connectivity index is 1.35. The number of aromatic nitrogens is 1. The quantitative estimate of drug-likeness (QED) is 0.766. The normalized spacial score (nSPS) is 24.7. The summed E-state index contributed by atoms with van der Waals surface area (Å²) in [5.74, 6) is 0. The maximum atomic E-state index is 11.9. The third-order valence-corrected chi connectivity index (χ3v) is 5.57. The maximum absolute atomic E-state index is 11.9. The van der Waals surface area contributed by atoms with Crippen LogP contribution in [0.2, 0.25) is 0 Å². The van der Waals surface area contributed by atoms with Crippen LogP contribution < -0.4 is 15.5 Å². The molecule has 6 nitrogen and oxygen atoms in total. The summed E-state index contributed by atoms with van der Waals surface area (Å²) in [5.41, 5.74) is 1.05. The van der Waals surface area contributed by atoms with E-state index in [1.54, 1.807) is 11.3 Å². The van der Waals surface area contributed by atoms with Gasteiger partial charge in [0.05, 0.1) is 11.8 Å². The number of amides is 2. The van der Waals surface area contributed by atoms with Crippen molar-refractivity contribution < 1.29 is 9.90 Å². The fourth-order valence-electron chi connectivity index (χ4n) is 3.23. The summed E-state index contributed by atoms with van der Waals surface area (Å²) in [4.78, 5) is 18.9. The molecule has 0 radical (unpaired) electrons. The van der Waals surface area contributed by atoms with Crippen molar-refractivity contribution in [2.45, 2.75) is 57.1 Å². The van der Waals surface area contributed by atoms with Crippen molar-refractivity contribution in [3.63, 3.8) is 0 Å². The first-order valence-electron chi connectivity index (χ1n) is 8.62. The van der Waals surface area contributed by atoms with E-state index in [4.69, 9.17) is 0 Å². The van der Waals surface area contributed by atoms with E-state index < -0.39 is 0 Å². The Morgan fingerprint density at radius 2 is 2.04 bits per heavy atom. The van der Waals surface area contributed by atoms with E-state index in [0.717, 1.165) is 56.0 Å². The first-order valence-corrected chi connectivity index (χ1v) is 9.50. The van der Waals surface area contributed by atoms with Crippen molar-refractivity contribution in [2.75, 3.05) is 24.5 Å². The number of aliphatic hydroxyl groups excluding tert-OH is 1. The van der Waals surface area contributed by atoms with E-state index in [-0.39, 0.29) is 18.2 Å². The van der Waals surface area contributed by atoms with Gasteiger partial charge in [0.25, 0.3) is 0 Å². The minimum Gasteiger partial charge on any atom is -0.393 e. The van der Waals surface area contributed by atoms with Crippen LogP contribution in [0.4, 0.5) is 9.93 Å². The molecule has 1 aliphatic carbocycles. The topological polar surface area (TPSA) is 77.5 Å². The molecular weight excluding hydrogens is 312 g/mol. The lowest BCUT2D eigenvalue weighted by molar-refractivity contribution is 0.117. The van der Waals surface area contributed by atoms with Gasteiger partial charge in [-0.3, -0.25) is 0 Å². The fraction of sp³-hybridized carbons (Fsp3) is 0.750. The first-order chi connectivity index (χ1) is 11.2. The van der Waals surface area contributed by atoms with E-state index in [1.165, 1.54) is 12.8 Å². The number of nitrogens with zero attached hydrogens (tertiary/aromatic N) is 2. The van der Waals surface area contributed by atoms with Crippen LogP contribution in [0.15, 0.2) is 5.38 Å². The predicted molar refractivity (Wildman–Crippen MR) is 92.1 cm³/mol. The zero-order valence-electron chi connectivity index (χ0n) is 13.5. The second-order valence-electron chi connectivity index (χ2n) is 6.47. The lowest BCUT2D eigenvalue weighted by atomic mass is 9.93. The third-order valence-electron chi connectivity index (χ3n) is 4.61. The highest BCUT2D eigenvalue weighted by Crippen LogP contribution is 2.24. The lowest BCUT2D eigenvalue weighted by Crippen LogP contribution is -2.44. The minimum absolute atomic E-state index is 0.110. The Kier molecular flexibility index (Phi) is 5.72. The van der Waals surface area contributed by atoms with Gasteiger partial charge in [-0.15, -0.1) is 11.3 Å². The Hall–Kier alpha value is -1.34. The summed E-state index contributed by atoms with van der Waals surface area (Å²) in [7, 11) is 0. The lowest BCUT2D eigenvalue weighted by Gasteiger charge is -2.26. The van der Waals surface area contributed by atoms with Crippen molar-refractivity contribution >= 4 is 22.5 Å². The molecule has 2 fully saturated rings. The number of anilines is 1. The molecule has 1 saturated carbocycles. The van der Waals surface area contributed by atoms with Crippen molar-refractivity contribution in [1.82, 2.24) is 15.6 Å². The van der Waals surface area contributed by atoms with Gasteiger partial charge < -0.3 is 20.6 Å². The second kappa shape index (κ2) is 7.97. The SMILES string of the molecule is O=C(NCCc1csc(N2CCCC2)n1)NC1CCC(O)CC1. The van der Waals surface area contributed by atoms with Crippen molar-refractivity contribution in [3.05, 3.63) is 11.1 Å². The van der Waals surface area contributed by atoms with Gasteiger partial charge in [-0.25, -0.2) is 9.78 Å². The summed E-state index contributed by atoms with van der Waals surface area (Å²) >= 11 is 1.70. The summed E-state index contributed by atoms with van der Waals surface area (Å²) in [6.07, 6.45) is 6.38. The third kappa shape index (κ3) is 4.81. The fourth-order valence-corrected chi connectivity index (χ4v) is 4.14. The van der Waals surface area contributed by atoms with Crippen molar-refractivity contribution in [3.8, 4) is 0 Å². The van der Waals surface area contributed by atoms with Gasteiger partial charge in [-0.05, 0) is 38.5 Å². The van der Waals surface area contributed by atoms with Crippen LogP contribution in [0.5, 0.6) is 0 Å². The number of carbonyl (C=O) groups excluding carboxylic acids is 1. The predicted octanol–water partition coefficient (Wildman–Crippen LogP) is 1.89. The molecule has 0 bridgehead atoms. The van der Waals surface area contributed by atoms with Gasteiger partial charge in [0, 0.05) is 37.5 Å². The molecule has 1 saturated heterocycles. The van der Waals surface area contributed by atoms with Gasteiger partial charge >= 0.3 is 6.03 Å². The zero-order valence-corrected chi connectivity index (χ0v) is 14.3. The van der Waals surface area contributed by atoms with Crippen LogP contribution in [0.3, 0.4) is 0 Å². The van der Waals surface area contributed by atoms with Gasteiger partial charge in [0.15, 0.2) is 5.13 Å². The number of aliphatic hydroxyl groups is 1. The summed E-state index contributed by atoms with van der Waals surface area (Å²) in [6, 6.07) is 0.0841. The van der Waals surface area contributed by atoms with Gasteiger partial charge in [-0.2, -0.15) is 0 Å². The van der Waals surface area contributed by atoms with E-state index in [1.807, 2.05) is 0 Å². The Morgan fingerprint density at radius 3 is 2.78 bits per heavy atom. The van der Waals surface area contributed by atoms with E-state index >= 15 is 0 Å². The molecule has 23 heavy (non-hydrogen) atoms. The van der Waals surface area contributed by atoms with E-state index in [2.05, 4.69) is 25.9 Å². The second-order valence-corrected chi connectivity index (χ2v) is 7.31. The molecule has 0 aromatic carbocycles. The van der Waals surface area contributed by atoms with Crippen LogP contribution in [0, 0.1) is 0 Å². The molecule has 0 spiro atoms. The molecule has 2 aliphatic rings. The first kappa shape index (κ1) is 16.5. The zero-order chi connectivity index (χ0) is 16.1. The molecule has 3 N–H and O–H groups in total. The van der Waals surface area contributed by atoms with Crippen LogP contribution >= 0.6 is 11.3 Å². The number of urea groups is 1. The molecule has 128 valence electrons. The van der Waals surface area contributed by atoms with Crippen LogP contribution in [-0.2, 0) is 6.42 Å². The molecule has 7 heteroatoms. The van der Waals surface area contributed by atoms with Gasteiger partial charge in [0.2, 0.25) is 0 Å². The summed E-state index contributed by atoms with van der Waals surface area (Å²) in [6.45, 7) is 2.83. The largest absolute Gasteiger partial charge is 0.393 e. The smallest absolute Gasteiger partial charge is 0.315 e. The van der Waals surface area contributed by atoms with Crippen LogP contribution in [-0.4, -0.2) is 47.9 Å². The number of rotatable bonds is 5. The molecule has 3 rings (SSSR count). The standard InChI is InChI=1S/C16H26N4O2S/c21-14-5-3-12(4-6-14)18-15(22)17-8-7-13-11-23-16(19-13)20-9-1-2-10-20/h11-12,14,21H,1-10H2,(H2,17,18,22). The number of thiazole rings is 1. The number of nitrogens with one attached hydrogen (secondary N) is 2. The average Bonchev–Trinajstić information content (AvgIpc) is 3.20. The van der Waals surface area contributed by atoms with Crippen LogP contribution in [0.1, 0.15) is 44.2 Å². The number of hydrogen-bond donors (Lipinski definition) is 3. The molecule has 1 aliphatic heterocycles. The van der Waals surface area contributed by atoms with Gasteiger partial charge in [0.1, 0.15) is 0 Å². The van der Waals surface area contributed by atoms with Crippen molar-refractivity contribution in [1.29, 1.82) is 0 Å². The molecule has 0 atom stereocenters. The molecule has 0 unspecified atom stereocenters. The maximum Gasteiger partial charge on any atom is 0.315 e.